The van der Waals surface area contributed by atoms with E-state index in [1.165, 1.54) is 12.3 Å². The van der Waals surface area contributed by atoms with Crippen molar-refractivity contribution in [2.45, 2.75) is 0 Å². The number of nitrogens with one attached hydrogen (secondary N) is 1. The molecule has 5 aromatic rings. The van der Waals surface area contributed by atoms with Crippen LogP contribution in [0.5, 0.6) is 5.75 Å². The number of benzene rings is 3. The van der Waals surface area contributed by atoms with Crippen molar-refractivity contribution in [1.82, 2.24) is 0 Å². The summed E-state index contributed by atoms with van der Waals surface area (Å²) < 4.78 is 16.7. The first kappa shape index (κ1) is 18.7. The lowest BCUT2D eigenvalue weighted by Crippen LogP contribution is -2.20. The van der Waals surface area contributed by atoms with Gasteiger partial charge in [-0.3, -0.25) is 9.59 Å². The summed E-state index contributed by atoms with van der Waals surface area (Å²) >= 11 is 0. The molecule has 0 aliphatic heterocycles. The van der Waals surface area contributed by atoms with Crippen LogP contribution in [-0.2, 0) is 4.79 Å². The maximum absolute atomic E-state index is 12.5. The van der Waals surface area contributed by atoms with Gasteiger partial charge in [0.2, 0.25) is 0 Å². The number of carbonyl (C=O) groups excluding carboxylic acids is 1. The molecule has 3 aromatic carbocycles. The molecule has 6 heteroatoms. The molecule has 0 bridgehead atoms. The average molecular weight is 411 g/mol. The molecule has 0 aliphatic carbocycles. The average Bonchev–Trinajstić information content (AvgIpc) is 3.33. The van der Waals surface area contributed by atoms with E-state index >= 15 is 0 Å². The Morgan fingerprint density at radius 2 is 1.74 bits per heavy atom. The smallest absolute Gasteiger partial charge is 0.262 e. The first-order valence-corrected chi connectivity index (χ1v) is 9.69. The van der Waals surface area contributed by atoms with E-state index < -0.39 is 0 Å². The summed E-state index contributed by atoms with van der Waals surface area (Å²) in [4.78, 5) is 24.9. The van der Waals surface area contributed by atoms with Crippen molar-refractivity contribution in [2.75, 3.05) is 11.9 Å². The molecule has 0 spiro atoms. The minimum Gasteiger partial charge on any atom is -0.484 e. The zero-order chi connectivity index (χ0) is 21.2. The van der Waals surface area contributed by atoms with E-state index in [0.717, 1.165) is 16.5 Å². The Bertz CT molecular complexity index is 1450. The Balaban J connectivity index is 1.32. The minimum atomic E-state index is -0.295. The second kappa shape index (κ2) is 7.84. The summed E-state index contributed by atoms with van der Waals surface area (Å²) in [7, 11) is 0. The van der Waals surface area contributed by atoms with Crippen molar-refractivity contribution >= 4 is 33.3 Å². The SMILES string of the molecule is O=C(COc1ccc2oc(-c3ccco3)cc(=O)c2c1)Nc1cccc2ccccc12. The van der Waals surface area contributed by atoms with Gasteiger partial charge in [-0.05, 0) is 41.8 Å². The fourth-order valence-corrected chi connectivity index (χ4v) is 3.43. The fourth-order valence-electron chi connectivity index (χ4n) is 3.43. The van der Waals surface area contributed by atoms with Crippen LogP contribution in [0.1, 0.15) is 0 Å². The van der Waals surface area contributed by atoms with Gasteiger partial charge in [0.1, 0.15) is 11.3 Å². The normalized spacial score (nSPS) is 11.0. The molecule has 5 rings (SSSR count). The molecule has 0 saturated carbocycles. The van der Waals surface area contributed by atoms with Crippen molar-refractivity contribution in [2.24, 2.45) is 0 Å². The third-order valence-corrected chi connectivity index (χ3v) is 4.90. The summed E-state index contributed by atoms with van der Waals surface area (Å²) in [6.45, 7) is -0.190. The zero-order valence-corrected chi connectivity index (χ0v) is 16.3. The van der Waals surface area contributed by atoms with Gasteiger partial charge in [0, 0.05) is 17.1 Å². The minimum absolute atomic E-state index is 0.190. The van der Waals surface area contributed by atoms with Crippen LogP contribution >= 0.6 is 0 Å². The van der Waals surface area contributed by atoms with Crippen molar-refractivity contribution in [3.8, 4) is 17.3 Å². The van der Waals surface area contributed by atoms with Crippen molar-refractivity contribution < 1.29 is 18.4 Å². The third-order valence-electron chi connectivity index (χ3n) is 4.90. The molecule has 6 nitrogen and oxygen atoms in total. The quantitative estimate of drug-likeness (QED) is 0.429. The monoisotopic (exact) mass is 411 g/mol. The van der Waals surface area contributed by atoms with Crippen LogP contribution in [-0.4, -0.2) is 12.5 Å². The largest absolute Gasteiger partial charge is 0.484 e. The van der Waals surface area contributed by atoms with Gasteiger partial charge >= 0.3 is 0 Å². The molecule has 0 atom stereocenters. The van der Waals surface area contributed by atoms with Gasteiger partial charge in [-0.1, -0.05) is 36.4 Å². The Labute approximate surface area is 176 Å². The predicted octanol–water partition coefficient (Wildman–Crippen LogP) is 5.22. The first-order valence-electron chi connectivity index (χ1n) is 9.69. The Kier molecular flexibility index (Phi) is 4.72. The molecule has 0 fully saturated rings. The number of hydrogen-bond donors (Lipinski definition) is 1. The highest BCUT2D eigenvalue weighted by atomic mass is 16.5. The summed E-state index contributed by atoms with van der Waals surface area (Å²) in [6.07, 6.45) is 1.51. The van der Waals surface area contributed by atoms with Crippen LogP contribution in [0, 0.1) is 0 Å². The third kappa shape index (κ3) is 3.79. The molecule has 0 unspecified atom stereocenters. The van der Waals surface area contributed by atoms with Crippen molar-refractivity contribution in [3.05, 3.63) is 95.3 Å². The summed E-state index contributed by atoms with van der Waals surface area (Å²) in [6, 6.07) is 23.2. The maximum Gasteiger partial charge on any atom is 0.262 e. The zero-order valence-electron chi connectivity index (χ0n) is 16.3. The highest BCUT2D eigenvalue weighted by molar-refractivity contribution is 6.02. The van der Waals surface area contributed by atoms with Gasteiger partial charge in [0.25, 0.3) is 5.91 Å². The molecular weight excluding hydrogens is 394 g/mol. The molecule has 0 radical (unpaired) electrons. The number of hydrogen-bond acceptors (Lipinski definition) is 5. The standard InChI is InChI=1S/C25H17NO5/c27-21-14-24(23-9-4-12-29-23)31-22-11-10-17(13-19(21)22)30-15-25(28)26-20-8-3-6-16-5-1-2-7-18(16)20/h1-14H,15H2,(H,26,28). The van der Waals surface area contributed by atoms with E-state index in [4.69, 9.17) is 13.6 Å². The molecule has 1 N–H and O–H groups in total. The fraction of sp³-hybridized carbons (Fsp3) is 0.0400. The topological polar surface area (TPSA) is 81.7 Å². The van der Waals surface area contributed by atoms with Gasteiger partial charge in [0.15, 0.2) is 23.6 Å². The van der Waals surface area contributed by atoms with Crippen LogP contribution in [0.4, 0.5) is 5.69 Å². The van der Waals surface area contributed by atoms with E-state index in [1.807, 2.05) is 42.5 Å². The number of anilines is 1. The number of amides is 1. The van der Waals surface area contributed by atoms with E-state index in [0.29, 0.717) is 28.2 Å². The van der Waals surface area contributed by atoms with E-state index in [2.05, 4.69) is 5.32 Å². The van der Waals surface area contributed by atoms with Crippen LogP contribution in [0.2, 0.25) is 0 Å². The van der Waals surface area contributed by atoms with Crippen LogP contribution in [0.15, 0.2) is 98.8 Å². The van der Waals surface area contributed by atoms with Crippen LogP contribution in [0.25, 0.3) is 33.3 Å². The first-order chi connectivity index (χ1) is 15.2. The summed E-state index contributed by atoms with van der Waals surface area (Å²) in [5.74, 6) is 0.935. The maximum atomic E-state index is 12.5. The molecule has 2 aromatic heterocycles. The molecule has 0 saturated heterocycles. The molecule has 152 valence electrons. The van der Waals surface area contributed by atoms with Gasteiger partial charge in [-0.25, -0.2) is 0 Å². The van der Waals surface area contributed by atoms with E-state index in [-0.39, 0.29) is 17.9 Å². The molecular formula is C25H17NO5. The summed E-state index contributed by atoms with van der Waals surface area (Å²) in [5.41, 5.74) is 0.904. The van der Waals surface area contributed by atoms with Crippen LogP contribution < -0.4 is 15.5 Å². The van der Waals surface area contributed by atoms with Gasteiger partial charge in [-0.15, -0.1) is 0 Å². The molecule has 2 heterocycles. The van der Waals surface area contributed by atoms with Crippen LogP contribution in [0.3, 0.4) is 0 Å². The van der Waals surface area contributed by atoms with Gasteiger partial charge < -0.3 is 18.9 Å². The Hall–Kier alpha value is -4.32. The molecule has 1 amide bonds. The number of carbonyl (C=O) groups is 1. The molecule has 0 aliphatic rings. The second-order valence-electron chi connectivity index (χ2n) is 6.97. The molecule has 31 heavy (non-hydrogen) atoms. The lowest BCUT2D eigenvalue weighted by atomic mass is 10.1. The highest BCUT2D eigenvalue weighted by Crippen LogP contribution is 2.25. The second-order valence-corrected chi connectivity index (χ2v) is 6.97. The van der Waals surface area contributed by atoms with Gasteiger partial charge in [0.05, 0.1) is 11.6 Å². The lowest BCUT2D eigenvalue weighted by Gasteiger charge is -2.10. The Morgan fingerprint density at radius 1 is 0.871 bits per heavy atom. The van der Waals surface area contributed by atoms with E-state index in [9.17, 15) is 9.59 Å². The van der Waals surface area contributed by atoms with E-state index in [1.54, 1.807) is 30.3 Å². The summed E-state index contributed by atoms with van der Waals surface area (Å²) in [5, 5.41) is 5.23. The number of ether oxygens (including phenoxy) is 1. The number of fused-ring (bicyclic) bond motifs is 2. The number of furan rings is 1. The van der Waals surface area contributed by atoms with Crippen molar-refractivity contribution in [1.29, 1.82) is 0 Å². The number of rotatable bonds is 5. The van der Waals surface area contributed by atoms with Crippen molar-refractivity contribution in [3.63, 3.8) is 0 Å². The Morgan fingerprint density at radius 3 is 2.61 bits per heavy atom. The lowest BCUT2D eigenvalue weighted by molar-refractivity contribution is -0.118. The predicted molar refractivity (Wildman–Crippen MR) is 118 cm³/mol. The highest BCUT2D eigenvalue weighted by Gasteiger charge is 2.11. The van der Waals surface area contributed by atoms with Gasteiger partial charge in [-0.2, -0.15) is 0 Å².